The number of hydrogen-bond donors (Lipinski definition) is 1. The van der Waals surface area contributed by atoms with E-state index in [4.69, 9.17) is 0 Å². The molecule has 6 heteroatoms. The molecule has 18 heavy (non-hydrogen) atoms. The highest BCUT2D eigenvalue weighted by molar-refractivity contribution is 7.89. The van der Waals surface area contributed by atoms with E-state index in [0.717, 1.165) is 0 Å². The van der Waals surface area contributed by atoms with Gasteiger partial charge < -0.3 is 5.32 Å². The Morgan fingerprint density at radius 1 is 1.22 bits per heavy atom. The van der Waals surface area contributed by atoms with Gasteiger partial charge in [-0.15, -0.1) is 12.4 Å². The summed E-state index contributed by atoms with van der Waals surface area (Å²) in [7, 11) is -3.35. The van der Waals surface area contributed by atoms with E-state index in [1.165, 1.54) is 0 Å². The molecule has 4 nitrogen and oxygen atoms in total. The minimum atomic E-state index is -3.35. The zero-order chi connectivity index (χ0) is 12.5. The number of rotatable bonds is 2. The quantitative estimate of drug-likeness (QED) is 0.897. The van der Waals surface area contributed by atoms with Crippen molar-refractivity contribution in [3.05, 3.63) is 30.3 Å². The van der Waals surface area contributed by atoms with Crippen LogP contribution in [0.1, 0.15) is 13.8 Å². The lowest BCUT2D eigenvalue weighted by atomic mass is 10.1. The first-order valence-electron chi connectivity index (χ1n) is 5.84. The summed E-state index contributed by atoms with van der Waals surface area (Å²) in [5.74, 6) is 0. The minimum absolute atomic E-state index is 0. The lowest BCUT2D eigenvalue weighted by Crippen LogP contribution is -2.56. The van der Waals surface area contributed by atoms with Gasteiger partial charge in [-0.1, -0.05) is 18.2 Å². The number of hydrogen-bond acceptors (Lipinski definition) is 3. The molecule has 1 N–H and O–H groups in total. The van der Waals surface area contributed by atoms with Gasteiger partial charge in [0.15, 0.2) is 0 Å². The first-order chi connectivity index (χ1) is 8.03. The average Bonchev–Trinajstić information content (AvgIpc) is 2.33. The van der Waals surface area contributed by atoms with Gasteiger partial charge in [0.25, 0.3) is 0 Å². The Balaban J connectivity index is 0.00000162. The van der Waals surface area contributed by atoms with Gasteiger partial charge >= 0.3 is 0 Å². The molecule has 2 atom stereocenters. The van der Waals surface area contributed by atoms with E-state index in [1.807, 2.05) is 19.9 Å². The predicted molar refractivity (Wildman–Crippen MR) is 74.5 cm³/mol. The standard InChI is InChI=1S/C12H18N2O2S.ClH/c1-10-11(2)14(9-8-13-10)17(15,16)12-6-4-3-5-7-12;/h3-7,10-11,13H,8-9H2,1-2H3;1H. The molecular weight excluding hydrogens is 272 g/mol. The number of nitrogens with one attached hydrogen (secondary N) is 1. The summed E-state index contributed by atoms with van der Waals surface area (Å²) in [4.78, 5) is 0.376. The first kappa shape index (κ1) is 15.4. The van der Waals surface area contributed by atoms with Gasteiger partial charge in [-0.3, -0.25) is 0 Å². The molecule has 0 aromatic heterocycles. The smallest absolute Gasteiger partial charge is 0.243 e. The van der Waals surface area contributed by atoms with Crippen LogP contribution < -0.4 is 5.32 Å². The highest BCUT2D eigenvalue weighted by Gasteiger charge is 2.34. The predicted octanol–water partition coefficient (Wildman–Crippen LogP) is 1.48. The van der Waals surface area contributed by atoms with Crippen molar-refractivity contribution in [2.24, 2.45) is 0 Å². The molecule has 1 aliphatic heterocycles. The minimum Gasteiger partial charge on any atom is -0.311 e. The largest absolute Gasteiger partial charge is 0.311 e. The van der Waals surface area contributed by atoms with Crippen LogP contribution in [0.2, 0.25) is 0 Å². The van der Waals surface area contributed by atoms with Crippen molar-refractivity contribution in [2.75, 3.05) is 13.1 Å². The Kier molecular flexibility index (Phi) is 5.16. The molecule has 1 saturated heterocycles. The molecule has 0 amide bonds. The Labute approximate surface area is 115 Å². The molecule has 1 aliphatic rings. The van der Waals surface area contributed by atoms with Gasteiger partial charge in [-0.25, -0.2) is 8.42 Å². The molecule has 1 fully saturated rings. The van der Waals surface area contributed by atoms with Crippen LogP contribution in [0, 0.1) is 0 Å². The van der Waals surface area contributed by atoms with E-state index in [9.17, 15) is 8.42 Å². The van der Waals surface area contributed by atoms with Crippen molar-refractivity contribution in [1.29, 1.82) is 0 Å². The Morgan fingerprint density at radius 3 is 2.44 bits per heavy atom. The normalized spacial score (nSPS) is 25.4. The van der Waals surface area contributed by atoms with Crippen molar-refractivity contribution in [3.63, 3.8) is 0 Å². The summed E-state index contributed by atoms with van der Waals surface area (Å²) in [6.45, 7) is 5.19. The molecular formula is C12H19ClN2O2S. The van der Waals surface area contributed by atoms with Crippen LogP contribution in [0.5, 0.6) is 0 Å². The average molecular weight is 291 g/mol. The van der Waals surface area contributed by atoms with Gasteiger partial charge in [0.1, 0.15) is 0 Å². The van der Waals surface area contributed by atoms with Crippen molar-refractivity contribution in [2.45, 2.75) is 30.8 Å². The van der Waals surface area contributed by atoms with E-state index >= 15 is 0 Å². The molecule has 102 valence electrons. The summed E-state index contributed by atoms with van der Waals surface area (Å²) >= 11 is 0. The number of sulfonamides is 1. The SMILES string of the molecule is CC1NCCN(S(=O)(=O)c2ccccc2)C1C.Cl. The lowest BCUT2D eigenvalue weighted by molar-refractivity contribution is 0.233. The Morgan fingerprint density at radius 2 is 1.83 bits per heavy atom. The number of piperazine rings is 1. The third kappa shape index (κ3) is 2.85. The third-order valence-corrected chi connectivity index (χ3v) is 5.33. The van der Waals surface area contributed by atoms with Crippen molar-refractivity contribution >= 4 is 22.4 Å². The monoisotopic (exact) mass is 290 g/mol. The summed E-state index contributed by atoms with van der Waals surface area (Å²) in [5.41, 5.74) is 0. The van der Waals surface area contributed by atoms with Gasteiger partial charge in [0, 0.05) is 25.2 Å². The van der Waals surface area contributed by atoms with Crippen molar-refractivity contribution < 1.29 is 8.42 Å². The summed E-state index contributed by atoms with van der Waals surface area (Å²) in [6.07, 6.45) is 0. The maximum atomic E-state index is 12.4. The highest BCUT2D eigenvalue weighted by Crippen LogP contribution is 2.20. The van der Waals surface area contributed by atoms with Crippen molar-refractivity contribution in [1.82, 2.24) is 9.62 Å². The van der Waals surface area contributed by atoms with E-state index < -0.39 is 10.0 Å². The molecule has 1 heterocycles. The molecule has 0 aliphatic carbocycles. The van der Waals surface area contributed by atoms with Gasteiger partial charge in [0.2, 0.25) is 10.0 Å². The van der Waals surface area contributed by atoms with Crippen LogP contribution in [0.25, 0.3) is 0 Å². The van der Waals surface area contributed by atoms with E-state index in [0.29, 0.717) is 18.0 Å². The Hall–Kier alpha value is -0.620. The zero-order valence-electron chi connectivity index (χ0n) is 10.5. The fraction of sp³-hybridized carbons (Fsp3) is 0.500. The van der Waals surface area contributed by atoms with E-state index in [1.54, 1.807) is 28.6 Å². The van der Waals surface area contributed by atoms with Gasteiger partial charge in [-0.05, 0) is 26.0 Å². The maximum Gasteiger partial charge on any atom is 0.243 e. The van der Waals surface area contributed by atoms with Crippen LogP contribution in [0.3, 0.4) is 0 Å². The molecule has 1 aromatic carbocycles. The van der Waals surface area contributed by atoms with Crippen LogP contribution in [0.4, 0.5) is 0 Å². The molecule has 1 aromatic rings. The first-order valence-corrected chi connectivity index (χ1v) is 7.28. The number of halogens is 1. The molecule has 2 unspecified atom stereocenters. The summed E-state index contributed by atoms with van der Waals surface area (Å²) in [5, 5.41) is 3.28. The molecule has 0 spiro atoms. The van der Waals surface area contributed by atoms with Crippen LogP contribution in [-0.2, 0) is 10.0 Å². The number of nitrogens with zero attached hydrogens (tertiary/aromatic N) is 1. The fourth-order valence-electron chi connectivity index (χ4n) is 2.09. The second-order valence-electron chi connectivity index (χ2n) is 4.41. The molecule has 0 bridgehead atoms. The Bertz CT molecular complexity index is 478. The topological polar surface area (TPSA) is 49.4 Å². The second-order valence-corrected chi connectivity index (χ2v) is 6.30. The van der Waals surface area contributed by atoms with E-state index in [-0.39, 0.29) is 24.5 Å². The fourth-order valence-corrected chi connectivity index (χ4v) is 3.82. The summed E-state index contributed by atoms with van der Waals surface area (Å²) < 4.78 is 26.5. The maximum absolute atomic E-state index is 12.4. The van der Waals surface area contributed by atoms with Crippen LogP contribution in [-0.4, -0.2) is 37.9 Å². The highest BCUT2D eigenvalue weighted by atomic mass is 35.5. The molecule has 0 saturated carbocycles. The lowest BCUT2D eigenvalue weighted by Gasteiger charge is -2.37. The molecule has 0 radical (unpaired) electrons. The van der Waals surface area contributed by atoms with Crippen LogP contribution in [0.15, 0.2) is 35.2 Å². The zero-order valence-corrected chi connectivity index (χ0v) is 12.2. The molecule has 2 rings (SSSR count). The van der Waals surface area contributed by atoms with E-state index in [2.05, 4.69) is 5.32 Å². The van der Waals surface area contributed by atoms with Crippen LogP contribution >= 0.6 is 12.4 Å². The number of benzene rings is 1. The van der Waals surface area contributed by atoms with Crippen molar-refractivity contribution in [3.8, 4) is 0 Å². The van der Waals surface area contributed by atoms with Gasteiger partial charge in [-0.2, -0.15) is 4.31 Å². The second kappa shape index (κ2) is 6.02. The summed E-state index contributed by atoms with van der Waals surface area (Å²) in [6, 6.07) is 8.79. The van der Waals surface area contributed by atoms with Gasteiger partial charge in [0.05, 0.1) is 4.90 Å². The third-order valence-electron chi connectivity index (χ3n) is 3.33.